The monoisotopic (exact) mass is 425 g/mol. The SMILES string of the molecule is Cc1nn(CCCNC(=O)c2ccn(Cn3nnc(-c4ccccc4)n3)n2)cc1Cl. The number of nitrogens with one attached hydrogen (secondary N) is 1. The van der Waals surface area contributed by atoms with E-state index in [0.717, 1.165) is 17.7 Å². The third-order valence-corrected chi connectivity index (χ3v) is 4.74. The zero-order valence-corrected chi connectivity index (χ0v) is 17.1. The molecule has 0 saturated heterocycles. The zero-order chi connectivity index (χ0) is 20.9. The molecule has 3 heterocycles. The first-order valence-corrected chi connectivity index (χ1v) is 9.81. The van der Waals surface area contributed by atoms with E-state index in [9.17, 15) is 4.79 Å². The van der Waals surface area contributed by atoms with Crippen LogP contribution in [0.3, 0.4) is 0 Å². The second-order valence-corrected chi connectivity index (χ2v) is 7.08. The van der Waals surface area contributed by atoms with E-state index in [4.69, 9.17) is 11.6 Å². The lowest BCUT2D eigenvalue weighted by atomic mass is 10.2. The van der Waals surface area contributed by atoms with Gasteiger partial charge in [-0.1, -0.05) is 41.9 Å². The summed E-state index contributed by atoms with van der Waals surface area (Å²) in [5.74, 6) is 0.300. The van der Waals surface area contributed by atoms with Gasteiger partial charge in [0.25, 0.3) is 5.91 Å². The van der Waals surface area contributed by atoms with Crippen molar-refractivity contribution in [1.29, 1.82) is 0 Å². The highest BCUT2D eigenvalue weighted by Crippen LogP contribution is 2.12. The number of nitrogens with zero attached hydrogens (tertiary/aromatic N) is 8. The number of hydrogen-bond donors (Lipinski definition) is 1. The van der Waals surface area contributed by atoms with Gasteiger partial charge >= 0.3 is 0 Å². The van der Waals surface area contributed by atoms with Gasteiger partial charge in [0.15, 0.2) is 6.67 Å². The number of benzene rings is 1. The summed E-state index contributed by atoms with van der Waals surface area (Å²) < 4.78 is 3.35. The number of carbonyl (C=O) groups excluding carboxylic acids is 1. The van der Waals surface area contributed by atoms with Crippen LogP contribution in [0.15, 0.2) is 48.8 Å². The van der Waals surface area contributed by atoms with Crippen molar-refractivity contribution in [2.45, 2.75) is 26.6 Å². The lowest BCUT2D eigenvalue weighted by Crippen LogP contribution is -2.26. The highest BCUT2D eigenvalue weighted by Gasteiger charge is 2.11. The maximum absolute atomic E-state index is 12.3. The Bertz CT molecular complexity index is 1110. The van der Waals surface area contributed by atoms with E-state index in [2.05, 4.69) is 30.9 Å². The first kappa shape index (κ1) is 19.8. The molecule has 30 heavy (non-hydrogen) atoms. The molecule has 11 heteroatoms. The molecule has 0 radical (unpaired) electrons. The second-order valence-electron chi connectivity index (χ2n) is 6.67. The van der Waals surface area contributed by atoms with Crippen LogP contribution in [0.1, 0.15) is 22.6 Å². The molecular weight excluding hydrogens is 406 g/mol. The topological polar surface area (TPSA) is 108 Å². The molecule has 4 rings (SSSR count). The van der Waals surface area contributed by atoms with Gasteiger partial charge in [0.2, 0.25) is 5.82 Å². The normalized spacial score (nSPS) is 11.0. The first-order chi connectivity index (χ1) is 14.6. The molecule has 0 aliphatic carbocycles. The highest BCUT2D eigenvalue weighted by atomic mass is 35.5. The molecule has 4 aromatic rings. The Morgan fingerprint density at radius 1 is 1.10 bits per heavy atom. The number of aryl methyl sites for hydroxylation is 2. The van der Waals surface area contributed by atoms with Crippen LogP contribution in [0.25, 0.3) is 11.4 Å². The van der Waals surface area contributed by atoms with E-state index in [1.165, 1.54) is 4.80 Å². The molecular formula is C19H20ClN9O. The fraction of sp³-hybridized carbons (Fsp3) is 0.263. The number of tetrazole rings is 1. The first-order valence-electron chi connectivity index (χ1n) is 9.43. The summed E-state index contributed by atoms with van der Waals surface area (Å²) in [6, 6.07) is 11.2. The minimum atomic E-state index is -0.236. The summed E-state index contributed by atoms with van der Waals surface area (Å²) >= 11 is 5.99. The van der Waals surface area contributed by atoms with Crippen LogP contribution in [0.2, 0.25) is 5.02 Å². The fourth-order valence-electron chi connectivity index (χ4n) is 2.84. The lowest BCUT2D eigenvalue weighted by Gasteiger charge is -2.04. The van der Waals surface area contributed by atoms with Crippen LogP contribution in [-0.4, -0.2) is 52.2 Å². The third kappa shape index (κ3) is 4.71. The van der Waals surface area contributed by atoms with Crippen molar-refractivity contribution in [3.63, 3.8) is 0 Å². The van der Waals surface area contributed by atoms with Crippen molar-refractivity contribution < 1.29 is 4.79 Å². The zero-order valence-electron chi connectivity index (χ0n) is 16.3. The van der Waals surface area contributed by atoms with Gasteiger partial charge in [-0.25, -0.2) is 4.68 Å². The number of rotatable bonds is 8. The predicted octanol–water partition coefficient (Wildman–Crippen LogP) is 2.02. The maximum atomic E-state index is 12.3. The Hall–Kier alpha value is -3.53. The van der Waals surface area contributed by atoms with Crippen molar-refractivity contribution >= 4 is 17.5 Å². The summed E-state index contributed by atoms with van der Waals surface area (Å²) in [4.78, 5) is 13.7. The Morgan fingerprint density at radius 2 is 1.93 bits per heavy atom. The van der Waals surface area contributed by atoms with E-state index in [1.807, 2.05) is 37.3 Å². The van der Waals surface area contributed by atoms with Crippen LogP contribution in [0.4, 0.5) is 0 Å². The lowest BCUT2D eigenvalue weighted by molar-refractivity contribution is 0.0946. The van der Waals surface area contributed by atoms with Gasteiger partial charge in [0.1, 0.15) is 5.69 Å². The molecule has 154 valence electrons. The van der Waals surface area contributed by atoms with Crippen molar-refractivity contribution in [2.75, 3.05) is 6.54 Å². The van der Waals surface area contributed by atoms with E-state index >= 15 is 0 Å². The average Bonchev–Trinajstić information content (AvgIpc) is 3.48. The quantitative estimate of drug-likeness (QED) is 0.432. The summed E-state index contributed by atoms with van der Waals surface area (Å²) in [6.45, 7) is 3.29. The molecule has 0 aliphatic rings. The van der Waals surface area contributed by atoms with Crippen molar-refractivity contribution in [3.8, 4) is 11.4 Å². The van der Waals surface area contributed by atoms with Gasteiger partial charge in [-0.05, 0) is 24.6 Å². The van der Waals surface area contributed by atoms with Crippen LogP contribution >= 0.6 is 11.6 Å². The van der Waals surface area contributed by atoms with Gasteiger partial charge in [-0.15, -0.1) is 15.0 Å². The van der Waals surface area contributed by atoms with Crippen LogP contribution in [0, 0.1) is 6.92 Å². The van der Waals surface area contributed by atoms with E-state index in [0.29, 0.717) is 29.6 Å². The maximum Gasteiger partial charge on any atom is 0.271 e. The summed E-state index contributed by atoms with van der Waals surface area (Å²) in [6.07, 6.45) is 4.21. The Balaban J connectivity index is 1.27. The number of carbonyl (C=O) groups is 1. The highest BCUT2D eigenvalue weighted by molar-refractivity contribution is 6.31. The Kier molecular flexibility index (Phi) is 5.84. The smallest absolute Gasteiger partial charge is 0.271 e. The van der Waals surface area contributed by atoms with Gasteiger partial charge in [-0.3, -0.25) is 9.48 Å². The molecule has 0 saturated carbocycles. The molecule has 1 amide bonds. The molecule has 0 bridgehead atoms. The summed E-state index contributed by atoms with van der Waals surface area (Å²) in [5.41, 5.74) is 2.01. The van der Waals surface area contributed by atoms with Gasteiger partial charge in [0.05, 0.1) is 10.7 Å². The molecule has 0 spiro atoms. The number of aromatic nitrogens is 8. The molecule has 1 aromatic carbocycles. The average molecular weight is 426 g/mol. The number of hydrogen-bond acceptors (Lipinski definition) is 6. The third-order valence-electron chi connectivity index (χ3n) is 4.37. The molecule has 0 atom stereocenters. The molecule has 3 aromatic heterocycles. The largest absolute Gasteiger partial charge is 0.351 e. The summed E-state index contributed by atoms with van der Waals surface area (Å²) in [7, 11) is 0. The molecule has 0 unspecified atom stereocenters. The van der Waals surface area contributed by atoms with E-state index in [1.54, 1.807) is 27.8 Å². The molecule has 1 N–H and O–H groups in total. The van der Waals surface area contributed by atoms with Gasteiger partial charge < -0.3 is 5.32 Å². The van der Waals surface area contributed by atoms with Crippen molar-refractivity contribution in [3.05, 3.63) is 65.2 Å². The van der Waals surface area contributed by atoms with Crippen LogP contribution < -0.4 is 5.32 Å². The molecule has 0 fully saturated rings. The summed E-state index contributed by atoms with van der Waals surface area (Å²) in [5, 5.41) is 24.5. The Labute approximate surface area is 177 Å². The second kappa shape index (κ2) is 8.87. The van der Waals surface area contributed by atoms with Gasteiger partial charge in [0, 0.05) is 31.0 Å². The van der Waals surface area contributed by atoms with E-state index in [-0.39, 0.29) is 12.6 Å². The Morgan fingerprint density at radius 3 is 2.70 bits per heavy atom. The van der Waals surface area contributed by atoms with Crippen LogP contribution in [0.5, 0.6) is 0 Å². The number of halogens is 1. The standard InChI is InChI=1S/C19H20ClN9O/c1-14-16(20)12-27(23-14)10-5-9-21-19(30)17-8-11-28(24-17)13-29-25-18(22-26-29)15-6-3-2-4-7-15/h2-4,6-8,11-12H,5,9-10,13H2,1H3,(H,21,30). The fourth-order valence-corrected chi connectivity index (χ4v) is 2.99. The predicted molar refractivity (Wildman–Crippen MR) is 110 cm³/mol. The van der Waals surface area contributed by atoms with Gasteiger partial charge in [-0.2, -0.15) is 10.2 Å². The van der Waals surface area contributed by atoms with Crippen molar-refractivity contribution in [1.82, 2.24) is 45.1 Å². The van der Waals surface area contributed by atoms with Crippen molar-refractivity contribution in [2.24, 2.45) is 0 Å². The van der Waals surface area contributed by atoms with E-state index < -0.39 is 0 Å². The number of amides is 1. The minimum absolute atomic E-state index is 0.236. The van der Waals surface area contributed by atoms with Crippen LogP contribution in [-0.2, 0) is 13.2 Å². The molecule has 0 aliphatic heterocycles. The molecule has 10 nitrogen and oxygen atoms in total. The minimum Gasteiger partial charge on any atom is -0.351 e.